The van der Waals surface area contributed by atoms with E-state index in [9.17, 15) is 9.59 Å². The van der Waals surface area contributed by atoms with E-state index in [4.69, 9.17) is 0 Å². The van der Waals surface area contributed by atoms with E-state index in [0.29, 0.717) is 0 Å². The van der Waals surface area contributed by atoms with Gasteiger partial charge in [-0.05, 0) is 18.8 Å². The number of hydrogen-bond acceptors (Lipinski definition) is 2. The fraction of sp³-hybridized carbons (Fsp3) is 0.556. The minimum Gasteiger partial charge on any atom is -0.311 e. The molecule has 0 atom stereocenters. The van der Waals surface area contributed by atoms with Crippen LogP contribution < -0.4 is 11.2 Å². The first-order valence-electron chi connectivity index (χ1n) is 4.50. The first-order chi connectivity index (χ1) is 6.17. The lowest BCUT2D eigenvalue weighted by atomic mass is 9.99. The van der Waals surface area contributed by atoms with E-state index in [1.54, 1.807) is 0 Å². The molecule has 2 N–H and O–H groups in total. The predicted molar refractivity (Wildman–Crippen MR) is 51.0 cm³/mol. The highest BCUT2D eigenvalue weighted by Crippen LogP contribution is 2.17. The van der Waals surface area contributed by atoms with E-state index in [0.717, 1.165) is 18.5 Å². The molecule has 72 valence electrons. The first-order valence-corrected chi connectivity index (χ1v) is 4.50. The van der Waals surface area contributed by atoms with Gasteiger partial charge in [-0.1, -0.05) is 13.8 Å². The third-order valence-corrected chi connectivity index (χ3v) is 2.21. The molecule has 0 aromatic carbocycles. The standard InChI is InChI=1S/C9H14N2O2/c1-3-6(4-2)7-5-8(12)11-9(13)10-7/h5-6H,3-4H2,1-2H3,(H2,10,11,12,13). The van der Waals surface area contributed by atoms with Crippen LogP contribution in [-0.4, -0.2) is 9.97 Å². The van der Waals surface area contributed by atoms with Gasteiger partial charge >= 0.3 is 5.69 Å². The Balaban J connectivity index is 3.13. The van der Waals surface area contributed by atoms with Crippen molar-refractivity contribution in [2.75, 3.05) is 0 Å². The molecule has 0 fully saturated rings. The van der Waals surface area contributed by atoms with Crippen molar-refractivity contribution in [2.24, 2.45) is 0 Å². The normalized spacial score (nSPS) is 10.7. The molecule has 0 unspecified atom stereocenters. The lowest BCUT2D eigenvalue weighted by molar-refractivity contribution is 0.616. The van der Waals surface area contributed by atoms with Crippen LogP contribution in [-0.2, 0) is 0 Å². The molecule has 0 saturated carbocycles. The summed E-state index contributed by atoms with van der Waals surface area (Å²) in [5.74, 6) is 0.273. The van der Waals surface area contributed by atoms with Gasteiger partial charge in [0.2, 0.25) is 0 Å². The van der Waals surface area contributed by atoms with Gasteiger partial charge in [0.15, 0.2) is 0 Å². The molecule has 0 saturated heterocycles. The Hall–Kier alpha value is -1.32. The zero-order valence-electron chi connectivity index (χ0n) is 7.89. The summed E-state index contributed by atoms with van der Waals surface area (Å²) in [6.07, 6.45) is 1.85. The number of nitrogens with one attached hydrogen (secondary N) is 2. The molecule has 13 heavy (non-hydrogen) atoms. The van der Waals surface area contributed by atoms with Crippen molar-refractivity contribution >= 4 is 0 Å². The maximum absolute atomic E-state index is 11.0. The van der Waals surface area contributed by atoms with Crippen LogP contribution in [0.5, 0.6) is 0 Å². The molecule has 0 bridgehead atoms. The van der Waals surface area contributed by atoms with Gasteiger partial charge in [0.25, 0.3) is 5.56 Å². The van der Waals surface area contributed by atoms with Crippen molar-refractivity contribution < 1.29 is 0 Å². The van der Waals surface area contributed by atoms with Gasteiger partial charge in [-0.25, -0.2) is 4.79 Å². The van der Waals surface area contributed by atoms with Gasteiger partial charge in [0.1, 0.15) is 0 Å². The van der Waals surface area contributed by atoms with Crippen LogP contribution in [0.3, 0.4) is 0 Å². The van der Waals surface area contributed by atoms with E-state index in [2.05, 4.69) is 9.97 Å². The van der Waals surface area contributed by atoms with Gasteiger partial charge in [-0.3, -0.25) is 9.78 Å². The summed E-state index contributed by atoms with van der Waals surface area (Å²) in [5, 5.41) is 0. The largest absolute Gasteiger partial charge is 0.325 e. The minimum absolute atomic E-state index is 0.273. The van der Waals surface area contributed by atoms with Crippen molar-refractivity contribution in [1.29, 1.82) is 0 Å². The quantitative estimate of drug-likeness (QED) is 0.731. The Bertz CT molecular complexity index is 345. The zero-order valence-corrected chi connectivity index (χ0v) is 7.89. The number of H-pyrrole nitrogens is 2. The summed E-state index contributed by atoms with van der Waals surface area (Å²) < 4.78 is 0. The van der Waals surface area contributed by atoms with Crippen molar-refractivity contribution in [2.45, 2.75) is 32.6 Å². The smallest absolute Gasteiger partial charge is 0.311 e. The lowest BCUT2D eigenvalue weighted by Gasteiger charge is -2.10. The van der Waals surface area contributed by atoms with Crippen molar-refractivity contribution in [3.05, 3.63) is 32.6 Å². The third-order valence-electron chi connectivity index (χ3n) is 2.21. The topological polar surface area (TPSA) is 65.7 Å². The average Bonchev–Trinajstić information content (AvgIpc) is 2.04. The summed E-state index contributed by atoms with van der Waals surface area (Å²) >= 11 is 0. The third kappa shape index (κ3) is 2.31. The van der Waals surface area contributed by atoms with E-state index in [-0.39, 0.29) is 11.5 Å². The van der Waals surface area contributed by atoms with Crippen LogP contribution >= 0.6 is 0 Å². The average molecular weight is 182 g/mol. The molecule has 4 heteroatoms. The van der Waals surface area contributed by atoms with Crippen LogP contribution in [0, 0.1) is 0 Å². The highest BCUT2D eigenvalue weighted by molar-refractivity contribution is 5.05. The van der Waals surface area contributed by atoms with Crippen molar-refractivity contribution in [1.82, 2.24) is 9.97 Å². The van der Waals surface area contributed by atoms with Crippen LogP contribution in [0.15, 0.2) is 15.7 Å². The monoisotopic (exact) mass is 182 g/mol. The Morgan fingerprint density at radius 1 is 1.23 bits per heavy atom. The fourth-order valence-corrected chi connectivity index (χ4v) is 1.44. The maximum Gasteiger partial charge on any atom is 0.325 e. The Morgan fingerprint density at radius 2 is 1.85 bits per heavy atom. The van der Waals surface area contributed by atoms with Gasteiger partial charge in [-0.2, -0.15) is 0 Å². The summed E-state index contributed by atoms with van der Waals surface area (Å²) in [4.78, 5) is 26.7. The second-order valence-electron chi connectivity index (χ2n) is 3.06. The summed E-state index contributed by atoms with van der Waals surface area (Å²) in [6.45, 7) is 4.07. The maximum atomic E-state index is 11.0. The molecule has 1 aromatic heterocycles. The molecule has 0 aliphatic heterocycles. The molecule has 4 nitrogen and oxygen atoms in total. The van der Waals surface area contributed by atoms with Gasteiger partial charge < -0.3 is 4.98 Å². The summed E-state index contributed by atoms with van der Waals surface area (Å²) in [5.41, 5.74) is -0.0150. The second kappa shape index (κ2) is 4.07. The highest BCUT2D eigenvalue weighted by Gasteiger charge is 2.08. The van der Waals surface area contributed by atoms with E-state index < -0.39 is 5.69 Å². The molecule has 0 radical (unpaired) electrons. The molecule has 1 rings (SSSR count). The molecular formula is C9H14N2O2. The molecule has 0 aliphatic carbocycles. The molecule has 0 aliphatic rings. The SMILES string of the molecule is CCC(CC)c1cc(=O)[nH]c(=O)[nH]1. The molecule has 0 amide bonds. The van der Waals surface area contributed by atoms with E-state index >= 15 is 0 Å². The van der Waals surface area contributed by atoms with Crippen LogP contribution in [0.25, 0.3) is 0 Å². The summed E-state index contributed by atoms with van der Waals surface area (Å²) in [7, 11) is 0. The number of hydrogen-bond donors (Lipinski definition) is 2. The van der Waals surface area contributed by atoms with Gasteiger partial charge in [0, 0.05) is 11.8 Å². The Kier molecular flexibility index (Phi) is 3.06. The number of rotatable bonds is 3. The van der Waals surface area contributed by atoms with Crippen molar-refractivity contribution in [3.63, 3.8) is 0 Å². The van der Waals surface area contributed by atoms with Crippen molar-refractivity contribution in [3.8, 4) is 0 Å². The Labute approximate surface area is 76.0 Å². The molecule has 1 aromatic rings. The number of aromatic amines is 2. The van der Waals surface area contributed by atoms with E-state index in [1.165, 1.54) is 6.07 Å². The minimum atomic E-state index is -0.422. The second-order valence-corrected chi connectivity index (χ2v) is 3.06. The summed E-state index contributed by atoms with van der Waals surface area (Å²) in [6, 6.07) is 1.46. The van der Waals surface area contributed by atoms with Crippen LogP contribution in [0.4, 0.5) is 0 Å². The van der Waals surface area contributed by atoms with Crippen LogP contribution in [0.1, 0.15) is 38.3 Å². The fourth-order valence-electron chi connectivity index (χ4n) is 1.44. The van der Waals surface area contributed by atoms with Crippen LogP contribution in [0.2, 0.25) is 0 Å². The molecule has 1 heterocycles. The molecular weight excluding hydrogens is 168 g/mol. The first kappa shape index (κ1) is 9.77. The predicted octanol–water partition coefficient (Wildman–Crippen LogP) is 0.967. The lowest BCUT2D eigenvalue weighted by Crippen LogP contribution is -2.24. The highest BCUT2D eigenvalue weighted by atomic mass is 16.2. The number of aromatic nitrogens is 2. The Morgan fingerprint density at radius 3 is 2.31 bits per heavy atom. The van der Waals surface area contributed by atoms with E-state index in [1.807, 2.05) is 13.8 Å². The zero-order chi connectivity index (χ0) is 9.84. The molecule has 0 spiro atoms. The van der Waals surface area contributed by atoms with Gasteiger partial charge in [0.05, 0.1) is 0 Å². The van der Waals surface area contributed by atoms with Gasteiger partial charge in [-0.15, -0.1) is 0 Å².